The van der Waals surface area contributed by atoms with E-state index in [0.717, 1.165) is 38.5 Å². The van der Waals surface area contributed by atoms with Crippen LogP contribution in [0.2, 0.25) is 0 Å². The van der Waals surface area contributed by atoms with Crippen LogP contribution in [0.15, 0.2) is 0 Å². The lowest BCUT2D eigenvalue weighted by molar-refractivity contribution is -0.145. The molecular formula is C40H65NO11S6. The Morgan fingerprint density at radius 3 is 1.33 bits per heavy atom. The number of aliphatic carboxylic acids is 4. The molecule has 0 unspecified atom stereocenters. The number of carbonyl (C=O) groups excluding carboxylic acids is 3. The van der Waals surface area contributed by atoms with Crippen LogP contribution in [0.4, 0.5) is 0 Å². The molecule has 58 heavy (non-hydrogen) atoms. The number of hydrogen-bond donors (Lipinski definition) is 5. The van der Waals surface area contributed by atoms with E-state index in [-0.39, 0.29) is 64.0 Å². The number of carboxylic acids is 4. The second kappa shape index (κ2) is 31.6. The van der Waals surface area contributed by atoms with Gasteiger partial charge in [-0.3, -0.25) is 33.6 Å². The number of nitrogens with one attached hydrogen (secondary N) is 1. The van der Waals surface area contributed by atoms with E-state index >= 15 is 0 Å². The van der Waals surface area contributed by atoms with Crippen LogP contribution in [-0.2, 0) is 33.6 Å². The molecule has 332 valence electrons. The minimum absolute atomic E-state index is 0.0413. The quantitative estimate of drug-likeness (QED) is 0.0221. The van der Waals surface area contributed by atoms with E-state index < -0.39 is 47.4 Å². The molecule has 2 aliphatic heterocycles. The molecule has 2 aliphatic rings. The van der Waals surface area contributed by atoms with Crippen molar-refractivity contribution in [3.63, 3.8) is 0 Å². The summed E-state index contributed by atoms with van der Waals surface area (Å²) in [7, 11) is 10.3. The first-order valence-corrected chi connectivity index (χ1v) is 27.7. The molecule has 2 saturated heterocycles. The number of carbonyl (C=O) groups is 7. The Labute approximate surface area is 368 Å². The van der Waals surface area contributed by atoms with Crippen molar-refractivity contribution in [2.75, 3.05) is 6.54 Å². The molecule has 18 heteroatoms. The fourth-order valence-electron chi connectivity index (χ4n) is 6.74. The van der Waals surface area contributed by atoms with E-state index in [0.29, 0.717) is 38.6 Å². The number of carboxylic acid groups (broad SMARTS) is 4. The number of amides is 1. The highest BCUT2D eigenvalue weighted by Crippen LogP contribution is 2.84. The summed E-state index contributed by atoms with van der Waals surface area (Å²) in [5.41, 5.74) is 0. The van der Waals surface area contributed by atoms with Crippen molar-refractivity contribution in [3.05, 3.63) is 0 Å². The number of ketones is 2. The number of hydrogen-bond acceptors (Lipinski definition) is 13. The van der Waals surface area contributed by atoms with Crippen LogP contribution in [0.1, 0.15) is 173 Å². The number of unbranched alkanes of at least 4 members (excludes halogenated alkanes) is 16. The molecule has 0 aliphatic carbocycles. The van der Waals surface area contributed by atoms with Crippen LogP contribution in [0.5, 0.6) is 0 Å². The predicted octanol–water partition coefficient (Wildman–Crippen LogP) is 11.1. The molecule has 0 bridgehead atoms. The molecule has 1 amide bonds. The molecule has 1 spiro atoms. The van der Waals surface area contributed by atoms with Crippen LogP contribution in [-0.4, -0.2) is 75.6 Å². The number of Topliss-reactive ketones (excluding diaryl/α,β-unsaturated/α-hetero) is 2. The van der Waals surface area contributed by atoms with Crippen molar-refractivity contribution >= 4 is 106 Å². The lowest BCUT2D eigenvalue weighted by Gasteiger charge is -2.27. The molecule has 0 aromatic carbocycles. The maximum atomic E-state index is 12.7. The van der Waals surface area contributed by atoms with Gasteiger partial charge in [-0.1, -0.05) is 139 Å². The molecular weight excluding hydrogens is 863 g/mol. The van der Waals surface area contributed by atoms with Crippen molar-refractivity contribution in [2.45, 2.75) is 181 Å². The molecule has 0 aromatic rings. The third-order valence-electron chi connectivity index (χ3n) is 10.4. The minimum atomic E-state index is -1.20. The largest absolute Gasteiger partial charge is 0.481 e. The van der Waals surface area contributed by atoms with Gasteiger partial charge >= 0.3 is 23.9 Å². The third-order valence-corrected chi connectivity index (χ3v) is 24.2. The van der Waals surface area contributed by atoms with Crippen molar-refractivity contribution < 1.29 is 54.0 Å². The average Bonchev–Trinajstić information content (AvgIpc) is 3.94. The summed E-state index contributed by atoms with van der Waals surface area (Å²) in [5.74, 6) is -7.34. The maximum absolute atomic E-state index is 12.7. The topological polar surface area (TPSA) is 212 Å². The first-order chi connectivity index (χ1) is 27.8. The molecule has 0 saturated carbocycles. The van der Waals surface area contributed by atoms with Crippen molar-refractivity contribution in [2.24, 2.45) is 17.8 Å². The van der Waals surface area contributed by atoms with Gasteiger partial charge in [0.1, 0.15) is 11.6 Å². The second-order valence-electron chi connectivity index (χ2n) is 15.4. The Bertz CT molecular complexity index is 1280. The first kappa shape index (κ1) is 52.9. The molecule has 2 fully saturated rings. The number of rotatable bonds is 38. The van der Waals surface area contributed by atoms with E-state index in [1.54, 1.807) is 64.8 Å². The van der Waals surface area contributed by atoms with Gasteiger partial charge in [0.05, 0.1) is 22.3 Å². The van der Waals surface area contributed by atoms with Crippen LogP contribution >= 0.6 is 64.8 Å². The second-order valence-corrected chi connectivity index (χ2v) is 24.9. The average molecular weight is 928 g/mol. The highest BCUT2D eigenvalue weighted by atomic mass is 33.2. The van der Waals surface area contributed by atoms with Crippen molar-refractivity contribution in [1.29, 1.82) is 0 Å². The van der Waals surface area contributed by atoms with Gasteiger partial charge < -0.3 is 25.7 Å². The molecule has 0 radical (unpaired) electrons. The molecule has 3 atom stereocenters. The molecule has 0 aromatic heterocycles. The predicted molar refractivity (Wildman–Crippen MR) is 241 cm³/mol. The zero-order valence-corrected chi connectivity index (χ0v) is 38.6. The van der Waals surface area contributed by atoms with Crippen LogP contribution in [0.3, 0.4) is 0 Å². The Balaban J connectivity index is 1.48. The Morgan fingerprint density at radius 2 is 0.897 bits per heavy atom. The smallest absolute Gasteiger partial charge is 0.308 e. The lowest BCUT2D eigenvalue weighted by Crippen LogP contribution is -2.27. The SMILES string of the molecule is O=C(O)CCCCCCCCCCCCCCCCCCC(=O)C[C@@H](CCC(=O)C[C@@H](CCC(=O)NCCCC[C@@H](C(=O)O)C1SSC2(SS1)SS2)C(=O)O)C(=O)O. The summed E-state index contributed by atoms with van der Waals surface area (Å²) in [6.45, 7) is 0.340. The van der Waals surface area contributed by atoms with Crippen LogP contribution in [0.25, 0.3) is 0 Å². The Morgan fingerprint density at radius 1 is 0.466 bits per heavy atom. The first-order valence-electron chi connectivity index (χ1n) is 21.1. The normalized spacial score (nSPS) is 16.3. The van der Waals surface area contributed by atoms with E-state index in [9.17, 15) is 48.9 Å². The zero-order valence-electron chi connectivity index (χ0n) is 33.7. The Kier molecular flexibility index (Phi) is 28.8. The molecule has 5 N–H and O–H groups in total. The summed E-state index contributed by atoms with van der Waals surface area (Å²) < 4.78 is 0.0590. The fraction of sp³-hybridized carbons (Fsp3) is 0.825. The third kappa shape index (κ3) is 25.5. The van der Waals surface area contributed by atoms with Gasteiger partial charge in [0.15, 0.2) is 2.74 Å². The van der Waals surface area contributed by atoms with Gasteiger partial charge in [0.2, 0.25) is 5.91 Å². The molecule has 2 heterocycles. The van der Waals surface area contributed by atoms with E-state index in [1.165, 1.54) is 57.8 Å². The summed E-state index contributed by atoms with van der Waals surface area (Å²) in [6, 6.07) is 0. The highest BCUT2D eigenvalue weighted by Gasteiger charge is 2.53. The van der Waals surface area contributed by atoms with Crippen LogP contribution < -0.4 is 5.32 Å². The summed E-state index contributed by atoms with van der Waals surface area (Å²) in [6.07, 6.45) is 19.3. The monoisotopic (exact) mass is 927 g/mol. The summed E-state index contributed by atoms with van der Waals surface area (Å²) >= 11 is 0. The van der Waals surface area contributed by atoms with Gasteiger partial charge in [-0.05, 0) is 60.1 Å². The van der Waals surface area contributed by atoms with E-state index in [2.05, 4.69) is 5.32 Å². The van der Waals surface area contributed by atoms with E-state index in [1.807, 2.05) is 0 Å². The van der Waals surface area contributed by atoms with Gasteiger partial charge in [-0.25, -0.2) is 0 Å². The van der Waals surface area contributed by atoms with Gasteiger partial charge in [-0.2, -0.15) is 0 Å². The maximum Gasteiger partial charge on any atom is 0.308 e. The summed E-state index contributed by atoms with van der Waals surface area (Å²) in [4.78, 5) is 83.7. The highest BCUT2D eigenvalue weighted by molar-refractivity contribution is 9.14. The van der Waals surface area contributed by atoms with Gasteiger partial charge in [0.25, 0.3) is 0 Å². The lowest BCUT2D eigenvalue weighted by atomic mass is 9.90. The minimum Gasteiger partial charge on any atom is -0.481 e. The summed E-state index contributed by atoms with van der Waals surface area (Å²) in [5, 5.41) is 40.5. The van der Waals surface area contributed by atoms with Gasteiger partial charge in [0, 0.05) is 45.1 Å². The van der Waals surface area contributed by atoms with Crippen molar-refractivity contribution in [3.8, 4) is 0 Å². The Hall–Kier alpha value is -1.21. The van der Waals surface area contributed by atoms with Crippen LogP contribution in [0, 0.1) is 17.8 Å². The zero-order chi connectivity index (χ0) is 42.6. The van der Waals surface area contributed by atoms with E-state index in [4.69, 9.17) is 5.11 Å². The fourth-order valence-corrected chi connectivity index (χ4v) is 20.6. The molecule has 2 rings (SSSR count). The van der Waals surface area contributed by atoms with Crippen molar-refractivity contribution in [1.82, 2.24) is 5.32 Å². The van der Waals surface area contributed by atoms with Gasteiger partial charge in [-0.15, -0.1) is 0 Å². The molecule has 12 nitrogen and oxygen atoms in total. The standard InChI is InChI=1S/C40H65NO11S6/c42-31(19-15-13-11-9-7-5-3-1-2-4-6-8-10-12-14-16-21-35(45)46)27-29(36(47)48)22-24-32(43)28-30(37(49)50)23-25-34(44)41-26-18-17-20-33(38(51)52)39-53-55-40(56-54-39)57-58-40/h29-30,33,39H,1-28H2,(H,41,44)(H,45,46)(H,47,48)(H,49,50)(H,51,52)/t29-,30-,33+/m1/s1.